The van der Waals surface area contributed by atoms with Gasteiger partial charge in [-0.05, 0) is 98.2 Å². The van der Waals surface area contributed by atoms with Gasteiger partial charge in [0.15, 0.2) is 0 Å². The molecule has 0 radical (unpaired) electrons. The van der Waals surface area contributed by atoms with E-state index in [1.165, 1.54) is 51.9 Å². The molecule has 0 spiro atoms. The van der Waals surface area contributed by atoms with Crippen molar-refractivity contribution in [3.05, 3.63) is 0 Å². The number of carboxylic acid groups (broad SMARTS) is 1. The van der Waals surface area contributed by atoms with Gasteiger partial charge in [0.05, 0.1) is 5.41 Å². The monoisotopic (exact) mass is 460 g/mol. The van der Waals surface area contributed by atoms with Crippen LogP contribution in [0.15, 0.2) is 0 Å². The van der Waals surface area contributed by atoms with Crippen molar-refractivity contribution in [1.82, 2.24) is 0 Å². The van der Waals surface area contributed by atoms with E-state index in [0.717, 1.165) is 43.4 Å². The van der Waals surface area contributed by atoms with Gasteiger partial charge >= 0.3 is 11.9 Å². The number of hydrogen-bond donors (Lipinski definition) is 1. The standard InChI is InChI=1S/C29H48O4/c1-18(2)7-6-8-19(3)24-13-14-25-23-12-10-21-9-11-22(33-20(4)30)17-29(21,27(31)32)26(23)15-16-28(24,25)5/h18-19,21-26H,6-17H2,1-5H3,(H,31,32)/t19-,21-,22+,23+,24-,25+,26+,28-,29-/m1/s1. The highest BCUT2D eigenvalue weighted by molar-refractivity contribution is 5.76. The number of esters is 1. The van der Waals surface area contributed by atoms with Gasteiger partial charge in [-0.3, -0.25) is 9.59 Å². The Bertz CT molecular complexity index is 731. The highest BCUT2D eigenvalue weighted by atomic mass is 16.5. The third-order valence-electron chi connectivity index (χ3n) is 11.0. The second-order valence-electron chi connectivity index (χ2n) is 13.0. The van der Waals surface area contributed by atoms with E-state index in [0.29, 0.717) is 23.7 Å². The van der Waals surface area contributed by atoms with E-state index in [2.05, 4.69) is 27.7 Å². The molecule has 0 bridgehead atoms. The van der Waals surface area contributed by atoms with Gasteiger partial charge in [0.1, 0.15) is 6.10 Å². The predicted molar refractivity (Wildman–Crippen MR) is 131 cm³/mol. The highest BCUT2D eigenvalue weighted by Crippen LogP contribution is 2.68. The quantitative estimate of drug-likeness (QED) is 0.411. The van der Waals surface area contributed by atoms with E-state index in [4.69, 9.17) is 4.74 Å². The summed E-state index contributed by atoms with van der Waals surface area (Å²) in [6, 6.07) is 0. The van der Waals surface area contributed by atoms with Crippen LogP contribution in [0.2, 0.25) is 0 Å². The van der Waals surface area contributed by atoms with Gasteiger partial charge in [0, 0.05) is 13.3 Å². The molecule has 4 aliphatic carbocycles. The summed E-state index contributed by atoms with van der Waals surface area (Å²) in [7, 11) is 0. The smallest absolute Gasteiger partial charge is 0.310 e. The Morgan fingerprint density at radius 3 is 2.36 bits per heavy atom. The van der Waals surface area contributed by atoms with Crippen LogP contribution in [0.25, 0.3) is 0 Å². The Hall–Kier alpha value is -1.06. The van der Waals surface area contributed by atoms with Crippen molar-refractivity contribution in [2.75, 3.05) is 0 Å². The summed E-state index contributed by atoms with van der Waals surface area (Å²) >= 11 is 0. The normalized spacial score (nSPS) is 43.3. The Morgan fingerprint density at radius 2 is 1.70 bits per heavy atom. The molecule has 188 valence electrons. The van der Waals surface area contributed by atoms with Crippen LogP contribution in [0.1, 0.15) is 112 Å². The Balaban J connectivity index is 1.54. The molecule has 4 fully saturated rings. The minimum atomic E-state index is -0.691. The molecule has 4 rings (SSSR count). The average molecular weight is 461 g/mol. The molecule has 33 heavy (non-hydrogen) atoms. The molecule has 4 heteroatoms. The number of carbonyl (C=O) groups excluding carboxylic acids is 1. The van der Waals surface area contributed by atoms with Crippen LogP contribution in [-0.4, -0.2) is 23.1 Å². The van der Waals surface area contributed by atoms with Crippen LogP contribution in [0.5, 0.6) is 0 Å². The zero-order valence-electron chi connectivity index (χ0n) is 21.8. The lowest BCUT2D eigenvalue weighted by Gasteiger charge is -2.60. The summed E-state index contributed by atoms with van der Waals surface area (Å²) in [5.41, 5.74) is -0.321. The Kier molecular flexibility index (Phi) is 7.23. The van der Waals surface area contributed by atoms with Crippen molar-refractivity contribution < 1.29 is 19.4 Å². The first-order valence-corrected chi connectivity index (χ1v) is 14.0. The van der Waals surface area contributed by atoms with Crippen LogP contribution in [0.3, 0.4) is 0 Å². The Morgan fingerprint density at radius 1 is 0.970 bits per heavy atom. The zero-order chi connectivity index (χ0) is 24.0. The second kappa shape index (κ2) is 9.53. The molecular formula is C29H48O4. The van der Waals surface area contributed by atoms with Crippen LogP contribution in [0, 0.1) is 52.3 Å². The van der Waals surface area contributed by atoms with Gasteiger partial charge in [-0.2, -0.15) is 0 Å². The molecule has 9 atom stereocenters. The number of ether oxygens (including phenoxy) is 1. The van der Waals surface area contributed by atoms with Crippen LogP contribution < -0.4 is 0 Å². The van der Waals surface area contributed by atoms with E-state index < -0.39 is 11.4 Å². The molecule has 0 aromatic heterocycles. The van der Waals surface area contributed by atoms with Crippen molar-refractivity contribution in [2.45, 2.75) is 118 Å². The Labute approximate surface area is 201 Å². The number of aliphatic carboxylic acids is 1. The molecule has 0 aromatic carbocycles. The molecule has 0 aromatic rings. The third-order valence-corrected chi connectivity index (χ3v) is 11.0. The van der Waals surface area contributed by atoms with E-state index >= 15 is 0 Å². The van der Waals surface area contributed by atoms with Crippen LogP contribution in [0.4, 0.5) is 0 Å². The van der Waals surface area contributed by atoms with Gasteiger partial charge in [0.2, 0.25) is 0 Å². The molecule has 4 aliphatic rings. The number of hydrogen-bond acceptors (Lipinski definition) is 3. The van der Waals surface area contributed by atoms with Crippen molar-refractivity contribution >= 4 is 11.9 Å². The van der Waals surface area contributed by atoms with Gasteiger partial charge in [-0.25, -0.2) is 0 Å². The zero-order valence-corrected chi connectivity index (χ0v) is 21.8. The summed E-state index contributed by atoms with van der Waals surface area (Å²) in [6.07, 6.45) is 13.1. The summed E-state index contributed by atoms with van der Waals surface area (Å²) < 4.78 is 5.60. The summed E-state index contributed by atoms with van der Waals surface area (Å²) in [6.45, 7) is 11.2. The SMILES string of the molecule is CC(=O)O[C@H]1CC[C@@H]2CC[C@H]3[C@@H]4CC[C@H]([C@H](C)CCCC(C)C)[C@@]4(C)CC[C@@H]3[C@@]2(C(=O)O)C1. The van der Waals surface area contributed by atoms with Gasteiger partial charge in [-0.1, -0.05) is 47.0 Å². The van der Waals surface area contributed by atoms with E-state index in [9.17, 15) is 14.7 Å². The van der Waals surface area contributed by atoms with Crippen LogP contribution >= 0.6 is 0 Å². The van der Waals surface area contributed by atoms with E-state index in [-0.39, 0.29) is 23.9 Å². The molecule has 0 heterocycles. The fraction of sp³-hybridized carbons (Fsp3) is 0.931. The van der Waals surface area contributed by atoms with E-state index in [1.807, 2.05) is 0 Å². The lowest BCUT2D eigenvalue weighted by Crippen LogP contribution is -2.59. The lowest BCUT2D eigenvalue weighted by atomic mass is 9.43. The topological polar surface area (TPSA) is 63.6 Å². The summed E-state index contributed by atoms with van der Waals surface area (Å²) in [5.74, 6) is 3.15. The number of rotatable bonds is 7. The second-order valence-corrected chi connectivity index (χ2v) is 13.0. The lowest BCUT2D eigenvalue weighted by molar-refractivity contribution is -0.191. The first-order valence-electron chi connectivity index (χ1n) is 14.0. The summed E-state index contributed by atoms with van der Waals surface area (Å²) in [5, 5.41) is 10.7. The van der Waals surface area contributed by atoms with Crippen molar-refractivity contribution in [2.24, 2.45) is 52.3 Å². The van der Waals surface area contributed by atoms with Gasteiger partial charge in [-0.15, -0.1) is 0 Å². The highest BCUT2D eigenvalue weighted by Gasteiger charge is 2.65. The molecule has 0 saturated heterocycles. The maximum atomic E-state index is 13.0. The van der Waals surface area contributed by atoms with Gasteiger partial charge in [0.25, 0.3) is 0 Å². The maximum absolute atomic E-state index is 13.0. The van der Waals surface area contributed by atoms with Gasteiger partial charge < -0.3 is 9.84 Å². The van der Waals surface area contributed by atoms with Crippen LogP contribution in [-0.2, 0) is 14.3 Å². The first kappa shape index (κ1) is 25.0. The molecule has 4 saturated carbocycles. The molecular weight excluding hydrogens is 412 g/mol. The maximum Gasteiger partial charge on any atom is 0.310 e. The van der Waals surface area contributed by atoms with E-state index in [1.54, 1.807) is 0 Å². The first-order chi connectivity index (χ1) is 15.6. The molecule has 0 amide bonds. The third kappa shape index (κ3) is 4.38. The molecule has 1 N–H and O–H groups in total. The van der Waals surface area contributed by atoms with Crippen molar-refractivity contribution in [3.63, 3.8) is 0 Å². The number of carbonyl (C=O) groups is 2. The fourth-order valence-electron chi connectivity index (χ4n) is 9.65. The average Bonchev–Trinajstić information content (AvgIpc) is 3.09. The molecule has 4 nitrogen and oxygen atoms in total. The van der Waals surface area contributed by atoms with Crippen molar-refractivity contribution in [1.29, 1.82) is 0 Å². The van der Waals surface area contributed by atoms with Crippen molar-refractivity contribution in [3.8, 4) is 0 Å². The number of carboxylic acids is 1. The summed E-state index contributed by atoms with van der Waals surface area (Å²) in [4.78, 5) is 24.6. The minimum absolute atomic E-state index is 0.223. The molecule has 0 unspecified atom stereocenters. The minimum Gasteiger partial charge on any atom is -0.481 e. The predicted octanol–water partition coefficient (Wildman–Crippen LogP) is 7.10. The largest absolute Gasteiger partial charge is 0.481 e. The fourth-order valence-corrected chi connectivity index (χ4v) is 9.65. The molecule has 0 aliphatic heterocycles. The number of fused-ring (bicyclic) bond motifs is 5.